The molecule has 0 aliphatic heterocycles. The maximum atomic E-state index is 10.3. The number of benzene rings is 2. The van der Waals surface area contributed by atoms with Crippen molar-refractivity contribution in [3.8, 4) is 5.75 Å². The fourth-order valence-corrected chi connectivity index (χ4v) is 1.80. The van der Waals surface area contributed by atoms with Gasteiger partial charge in [-0.25, -0.2) is 0 Å². The molecule has 0 radical (unpaired) electrons. The van der Waals surface area contributed by atoms with Gasteiger partial charge in [-0.15, -0.1) is 0 Å². The minimum atomic E-state index is -0.727. The summed E-state index contributed by atoms with van der Waals surface area (Å²) in [6, 6.07) is 14.6. The predicted octanol–water partition coefficient (Wildman–Crippen LogP) is 2.36. The van der Waals surface area contributed by atoms with E-state index in [2.05, 4.69) is 0 Å². The van der Waals surface area contributed by atoms with Crippen LogP contribution in [0.15, 0.2) is 48.5 Å². The fourth-order valence-electron chi connectivity index (χ4n) is 1.80. The summed E-state index contributed by atoms with van der Waals surface area (Å²) in [7, 11) is 1.59. The van der Waals surface area contributed by atoms with Crippen LogP contribution in [-0.4, -0.2) is 12.2 Å². The zero-order valence-corrected chi connectivity index (χ0v) is 9.63. The Morgan fingerprint density at radius 1 is 1.12 bits per heavy atom. The largest absolute Gasteiger partial charge is 0.496 e. The molecule has 0 aliphatic carbocycles. The second-order valence-corrected chi connectivity index (χ2v) is 3.81. The van der Waals surface area contributed by atoms with Crippen LogP contribution < -0.4 is 10.5 Å². The quantitative estimate of drug-likeness (QED) is 0.794. The number of hydrogen-bond donors (Lipinski definition) is 2. The highest BCUT2D eigenvalue weighted by molar-refractivity contribution is 5.46. The van der Waals surface area contributed by atoms with E-state index in [1.165, 1.54) is 0 Å². The number of aliphatic hydroxyl groups is 1. The van der Waals surface area contributed by atoms with Crippen LogP contribution >= 0.6 is 0 Å². The van der Waals surface area contributed by atoms with E-state index >= 15 is 0 Å². The maximum Gasteiger partial charge on any atom is 0.125 e. The van der Waals surface area contributed by atoms with Gasteiger partial charge in [-0.1, -0.05) is 30.3 Å². The lowest BCUT2D eigenvalue weighted by Gasteiger charge is -2.15. The van der Waals surface area contributed by atoms with E-state index in [4.69, 9.17) is 10.5 Å². The van der Waals surface area contributed by atoms with E-state index in [1.54, 1.807) is 19.2 Å². The van der Waals surface area contributed by atoms with Gasteiger partial charge in [0.15, 0.2) is 0 Å². The Hall–Kier alpha value is -2.00. The zero-order chi connectivity index (χ0) is 12.3. The molecule has 2 aromatic carbocycles. The van der Waals surface area contributed by atoms with E-state index in [9.17, 15) is 5.11 Å². The van der Waals surface area contributed by atoms with Gasteiger partial charge in [0.25, 0.3) is 0 Å². The predicted molar refractivity (Wildman–Crippen MR) is 67.9 cm³/mol. The maximum absolute atomic E-state index is 10.3. The minimum absolute atomic E-state index is 0.636. The Morgan fingerprint density at radius 3 is 2.59 bits per heavy atom. The third-order valence-corrected chi connectivity index (χ3v) is 2.66. The summed E-state index contributed by atoms with van der Waals surface area (Å²) in [6.07, 6.45) is -0.727. The van der Waals surface area contributed by atoms with Crippen molar-refractivity contribution >= 4 is 5.69 Å². The van der Waals surface area contributed by atoms with Gasteiger partial charge >= 0.3 is 0 Å². The van der Waals surface area contributed by atoms with Gasteiger partial charge in [0.1, 0.15) is 11.9 Å². The lowest BCUT2D eigenvalue weighted by Crippen LogP contribution is -2.02. The highest BCUT2D eigenvalue weighted by atomic mass is 16.5. The number of nitrogen functional groups attached to an aromatic ring is 1. The van der Waals surface area contributed by atoms with Crippen LogP contribution in [0.5, 0.6) is 5.75 Å². The SMILES string of the molecule is COc1ccccc1C(O)c1cccc(N)c1. The molecule has 0 saturated heterocycles. The molecule has 2 aromatic rings. The van der Waals surface area contributed by atoms with Crippen LogP contribution in [-0.2, 0) is 0 Å². The first kappa shape index (κ1) is 11.5. The van der Waals surface area contributed by atoms with Crippen molar-refractivity contribution in [1.82, 2.24) is 0 Å². The number of ether oxygens (including phenoxy) is 1. The van der Waals surface area contributed by atoms with Crippen LogP contribution in [0.25, 0.3) is 0 Å². The highest BCUT2D eigenvalue weighted by Gasteiger charge is 2.14. The Morgan fingerprint density at radius 2 is 1.88 bits per heavy atom. The lowest BCUT2D eigenvalue weighted by atomic mass is 10.0. The highest BCUT2D eigenvalue weighted by Crippen LogP contribution is 2.30. The molecular weight excluding hydrogens is 214 g/mol. The molecular formula is C14H15NO2. The smallest absolute Gasteiger partial charge is 0.125 e. The summed E-state index contributed by atoms with van der Waals surface area (Å²) in [5.74, 6) is 0.669. The molecule has 3 N–H and O–H groups in total. The minimum Gasteiger partial charge on any atom is -0.496 e. The molecule has 0 bridgehead atoms. The van der Waals surface area contributed by atoms with Crippen molar-refractivity contribution in [2.24, 2.45) is 0 Å². The number of anilines is 1. The van der Waals surface area contributed by atoms with Crippen LogP contribution in [0.3, 0.4) is 0 Å². The van der Waals surface area contributed by atoms with Crippen LogP contribution in [0, 0.1) is 0 Å². The fraction of sp³-hybridized carbons (Fsp3) is 0.143. The summed E-state index contributed by atoms with van der Waals surface area (Å²) in [6.45, 7) is 0. The summed E-state index contributed by atoms with van der Waals surface area (Å²) in [5, 5.41) is 10.3. The number of hydrogen-bond acceptors (Lipinski definition) is 3. The van der Waals surface area contributed by atoms with Gasteiger partial charge in [-0.3, -0.25) is 0 Å². The van der Waals surface area contributed by atoms with E-state index < -0.39 is 6.10 Å². The molecule has 88 valence electrons. The number of nitrogens with two attached hydrogens (primary N) is 1. The summed E-state index contributed by atoms with van der Waals surface area (Å²) in [4.78, 5) is 0. The van der Waals surface area contributed by atoms with E-state index in [0.717, 1.165) is 11.1 Å². The Balaban J connectivity index is 2.40. The average molecular weight is 229 g/mol. The van der Waals surface area contributed by atoms with Crippen molar-refractivity contribution in [1.29, 1.82) is 0 Å². The molecule has 0 fully saturated rings. The molecule has 0 amide bonds. The van der Waals surface area contributed by atoms with Crippen LogP contribution in [0.4, 0.5) is 5.69 Å². The molecule has 0 aliphatic rings. The first-order valence-corrected chi connectivity index (χ1v) is 5.39. The Kier molecular flexibility index (Phi) is 3.30. The van der Waals surface area contributed by atoms with Gasteiger partial charge in [0, 0.05) is 11.3 Å². The average Bonchev–Trinajstić information content (AvgIpc) is 2.38. The molecule has 0 spiro atoms. The molecule has 0 heterocycles. The van der Waals surface area contributed by atoms with E-state index in [1.807, 2.05) is 36.4 Å². The molecule has 3 heteroatoms. The standard InChI is InChI=1S/C14H15NO2/c1-17-13-8-3-2-7-12(13)14(16)10-5-4-6-11(15)9-10/h2-9,14,16H,15H2,1H3. The van der Waals surface area contributed by atoms with Gasteiger partial charge < -0.3 is 15.6 Å². The van der Waals surface area contributed by atoms with Crippen LogP contribution in [0.2, 0.25) is 0 Å². The normalized spacial score (nSPS) is 12.1. The molecule has 1 atom stereocenters. The summed E-state index contributed by atoms with van der Waals surface area (Å²) < 4.78 is 5.23. The molecule has 0 saturated carbocycles. The Labute approximate surface area is 100 Å². The second-order valence-electron chi connectivity index (χ2n) is 3.81. The Bertz CT molecular complexity index is 511. The summed E-state index contributed by atoms with van der Waals surface area (Å²) in [5.41, 5.74) is 7.83. The third-order valence-electron chi connectivity index (χ3n) is 2.66. The number of para-hydroxylation sites is 1. The molecule has 1 unspecified atom stereocenters. The first-order chi connectivity index (χ1) is 8.22. The molecule has 2 rings (SSSR count). The summed E-state index contributed by atoms with van der Waals surface area (Å²) >= 11 is 0. The number of methoxy groups -OCH3 is 1. The lowest BCUT2D eigenvalue weighted by molar-refractivity contribution is 0.215. The number of rotatable bonds is 3. The van der Waals surface area contributed by atoms with Crippen molar-refractivity contribution in [2.75, 3.05) is 12.8 Å². The zero-order valence-electron chi connectivity index (χ0n) is 9.63. The van der Waals surface area contributed by atoms with Crippen molar-refractivity contribution in [3.63, 3.8) is 0 Å². The topological polar surface area (TPSA) is 55.5 Å². The van der Waals surface area contributed by atoms with E-state index in [0.29, 0.717) is 11.4 Å². The monoisotopic (exact) mass is 229 g/mol. The molecule has 17 heavy (non-hydrogen) atoms. The second kappa shape index (κ2) is 4.89. The van der Waals surface area contributed by atoms with Crippen molar-refractivity contribution in [2.45, 2.75) is 6.10 Å². The van der Waals surface area contributed by atoms with E-state index in [-0.39, 0.29) is 0 Å². The first-order valence-electron chi connectivity index (χ1n) is 5.39. The number of aliphatic hydroxyl groups excluding tert-OH is 1. The third kappa shape index (κ3) is 2.40. The molecule has 3 nitrogen and oxygen atoms in total. The van der Waals surface area contributed by atoms with Gasteiger partial charge in [-0.05, 0) is 23.8 Å². The van der Waals surface area contributed by atoms with Crippen molar-refractivity contribution < 1.29 is 9.84 Å². The van der Waals surface area contributed by atoms with Gasteiger partial charge in [0.2, 0.25) is 0 Å². The molecule has 0 aromatic heterocycles. The van der Waals surface area contributed by atoms with Crippen molar-refractivity contribution in [3.05, 3.63) is 59.7 Å². The van der Waals surface area contributed by atoms with Crippen LogP contribution in [0.1, 0.15) is 17.2 Å². The van der Waals surface area contributed by atoms with Gasteiger partial charge in [-0.2, -0.15) is 0 Å². The van der Waals surface area contributed by atoms with Gasteiger partial charge in [0.05, 0.1) is 7.11 Å².